The molecule has 1 aliphatic heterocycles. The first kappa shape index (κ1) is 23.6. The molecule has 33 heavy (non-hydrogen) atoms. The van der Waals surface area contributed by atoms with Gasteiger partial charge in [-0.05, 0) is 56.7 Å². The fourth-order valence-electron chi connectivity index (χ4n) is 5.21. The molecule has 0 aromatic heterocycles. The van der Waals surface area contributed by atoms with Crippen molar-refractivity contribution in [3.63, 3.8) is 0 Å². The molecule has 1 amide bonds. The van der Waals surface area contributed by atoms with Crippen LogP contribution in [-0.4, -0.2) is 32.7 Å². The van der Waals surface area contributed by atoms with Crippen LogP contribution in [0.3, 0.4) is 0 Å². The van der Waals surface area contributed by atoms with Gasteiger partial charge in [0.05, 0.1) is 18.0 Å². The van der Waals surface area contributed by atoms with Crippen molar-refractivity contribution in [1.82, 2.24) is 5.32 Å². The van der Waals surface area contributed by atoms with Gasteiger partial charge in [0.25, 0.3) is 0 Å². The number of para-hydroxylation sites is 2. The maximum Gasteiger partial charge on any atom is 0.232 e. The summed E-state index contributed by atoms with van der Waals surface area (Å²) in [6.45, 7) is 2.16. The van der Waals surface area contributed by atoms with E-state index < -0.39 is 10.0 Å². The van der Waals surface area contributed by atoms with E-state index in [0.29, 0.717) is 12.1 Å². The highest BCUT2D eigenvalue weighted by Gasteiger charge is 2.42. The van der Waals surface area contributed by atoms with Crippen LogP contribution in [0.4, 0.5) is 5.69 Å². The predicted octanol–water partition coefficient (Wildman–Crippen LogP) is 4.88. The molecule has 1 heterocycles. The highest BCUT2D eigenvalue weighted by Crippen LogP contribution is 2.46. The van der Waals surface area contributed by atoms with Crippen molar-refractivity contribution in [1.29, 1.82) is 0 Å². The zero-order valence-electron chi connectivity index (χ0n) is 19.5. The highest BCUT2D eigenvalue weighted by molar-refractivity contribution is 7.92. The molecule has 2 aromatic rings. The van der Waals surface area contributed by atoms with Gasteiger partial charge in [-0.25, -0.2) is 8.42 Å². The zero-order chi connectivity index (χ0) is 23.5. The van der Waals surface area contributed by atoms with E-state index in [1.54, 1.807) is 6.07 Å². The average molecular weight is 471 g/mol. The summed E-state index contributed by atoms with van der Waals surface area (Å²) >= 11 is 0. The van der Waals surface area contributed by atoms with Crippen molar-refractivity contribution in [2.45, 2.75) is 69.9 Å². The molecule has 1 spiro atoms. The summed E-state index contributed by atoms with van der Waals surface area (Å²) in [7, 11) is -3.44. The Bertz CT molecular complexity index is 1090. The maximum atomic E-state index is 12.9. The molecular weight excluding hydrogens is 436 g/mol. The van der Waals surface area contributed by atoms with E-state index in [-0.39, 0.29) is 30.5 Å². The molecule has 1 saturated carbocycles. The Kier molecular flexibility index (Phi) is 6.98. The Balaban J connectivity index is 1.41. The predicted molar refractivity (Wildman–Crippen MR) is 131 cm³/mol. The van der Waals surface area contributed by atoms with Crippen molar-refractivity contribution >= 4 is 21.6 Å². The minimum atomic E-state index is -3.44. The van der Waals surface area contributed by atoms with Crippen molar-refractivity contribution in [3.8, 4) is 5.75 Å². The lowest BCUT2D eigenvalue weighted by atomic mass is 9.77. The van der Waals surface area contributed by atoms with Crippen LogP contribution in [0.1, 0.15) is 68.5 Å². The Hall–Kier alpha value is -2.54. The van der Waals surface area contributed by atoms with Gasteiger partial charge in [-0.2, -0.15) is 0 Å². The number of benzene rings is 2. The molecule has 0 bridgehead atoms. The number of nitrogens with one attached hydrogen (secondary N) is 1. The third kappa shape index (κ3) is 5.52. The van der Waals surface area contributed by atoms with Gasteiger partial charge in [-0.1, -0.05) is 42.8 Å². The number of amides is 1. The standard InChI is InChI=1S/C26H34N2O4S/c1-20-11-4-6-13-23(20)28(33(2,30)31)18-10-15-25(29)27-22-19-26(16-8-3-9-17-26)32-24-14-7-5-12-21(22)24/h4-7,11-14,22H,3,8-10,15-19H2,1-2H3,(H,27,29). The summed E-state index contributed by atoms with van der Waals surface area (Å²) in [6, 6.07) is 15.3. The number of sulfonamides is 1. The molecule has 178 valence electrons. The lowest BCUT2D eigenvalue weighted by Gasteiger charge is -2.44. The average Bonchev–Trinajstić information content (AvgIpc) is 2.77. The first-order valence-electron chi connectivity index (χ1n) is 11.9. The molecule has 1 fully saturated rings. The number of hydrogen-bond donors (Lipinski definition) is 1. The molecule has 1 atom stereocenters. The van der Waals surface area contributed by atoms with E-state index in [0.717, 1.165) is 49.0 Å². The number of nitrogens with zero attached hydrogens (tertiary/aromatic N) is 1. The molecule has 1 unspecified atom stereocenters. The molecule has 0 radical (unpaired) electrons. The van der Waals surface area contributed by atoms with Gasteiger partial charge in [-0.3, -0.25) is 9.10 Å². The Labute approximate surface area is 197 Å². The van der Waals surface area contributed by atoms with Gasteiger partial charge >= 0.3 is 0 Å². The van der Waals surface area contributed by atoms with Crippen LogP contribution >= 0.6 is 0 Å². The largest absolute Gasteiger partial charge is 0.487 e. The molecule has 4 rings (SSSR count). The molecule has 2 aromatic carbocycles. The first-order valence-corrected chi connectivity index (χ1v) is 13.7. The second kappa shape index (κ2) is 9.75. The summed E-state index contributed by atoms with van der Waals surface area (Å²) in [5.74, 6) is 0.819. The van der Waals surface area contributed by atoms with Crippen LogP contribution in [-0.2, 0) is 14.8 Å². The van der Waals surface area contributed by atoms with Crippen molar-refractivity contribution in [2.24, 2.45) is 0 Å². The molecule has 7 heteroatoms. The zero-order valence-corrected chi connectivity index (χ0v) is 20.4. The summed E-state index contributed by atoms with van der Waals surface area (Å²) in [5, 5.41) is 3.22. The number of carbonyl (C=O) groups is 1. The van der Waals surface area contributed by atoms with Gasteiger partial charge in [0.1, 0.15) is 11.4 Å². The van der Waals surface area contributed by atoms with Crippen LogP contribution in [0.2, 0.25) is 0 Å². The SMILES string of the molecule is Cc1ccccc1N(CCCC(=O)NC1CC2(CCCCC2)Oc2ccccc21)S(C)(=O)=O. The number of anilines is 1. The van der Waals surface area contributed by atoms with Crippen LogP contribution < -0.4 is 14.4 Å². The molecule has 6 nitrogen and oxygen atoms in total. The Morgan fingerprint density at radius 3 is 2.52 bits per heavy atom. The number of hydrogen-bond acceptors (Lipinski definition) is 4. The van der Waals surface area contributed by atoms with Gasteiger partial charge in [0.15, 0.2) is 0 Å². The topological polar surface area (TPSA) is 75.7 Å². The number of aryl methyl sites for hydroxylation is 1. The smallest absolute Gasteiger partial charge is 0.232 e. The maximum absolute atomic E-state index is 12.9. The van der Waals surface area contributed by atoms with E-state index in [1.165, 1.54) is 17.0 Å². The second-order valence-corrected chi connectivity index (χ2v) is 11.3. The van der Waals surface area contributed by atoms with E-state index in [9.17, 15) is 13.2 Å². The van der Waals surface area contributed by atoms with E-state index in [4.69, 9.17) is 4.74 Å². The van der Waals surface area contributed by atoms with E-state index in [1.807, 2.05) is 49.4 Å². The van der Waals surface area contributed by atoms with Crippen LogP contribution in [0, 0.1) is 6.92 Å². The molecule has 0 saturated heterocycles. The molecular formula is C26H34N2O4S. The second-order valence-electron chi connectivity index (χ2n) is 9.43. The Morgan fingerprint density at radius 2 is 1.79 bits per heavy atom. The minimum Gasteiger partial charge on any atom is -0.487 e. The lowest BCUT2D eigenvalue weighted by Crippen LogP contribution is -2.46. The first-order chi connectivity index (χ1) is 15.8. The van der Waals surface area contributed by atoms with E-state index in [2.05, 4.69) is 5.32 Å². The number of rotatable bonds is 7. The Morgan fingerprint density at radius 1 is 1.09 bits per heavy atom. The van der Waals surface area contributed by atoms with E-state index >= 15 is 0 Å². The van der Waals surface area contributed by atoms with Crippen molar-refractivity contribution in [2.75, 3.05) is 17.1 Å². The summed E-state index contributed by atoms with van der Waals surface area (Å²) in [6.07, 6.45) is 8.30. The number of carbonyl (C=O) groups excluding carboxylic acids is 1. The van der Waals surface area contributed by atoms with Gasteiger partial charge in [0.2, 0.25) is 15.9 Å². The summed E-state index contributed by atoms with van der Waals surface area (Å²) < 4.78 is 32.7. The van der Waals surface area contributed by atoms with Crippen molar-refractivity contribution < 1.29 is 17.9 Å². The van der Waals surface area contributed by atoms with Crippen LogP contribution in [0.25, 0.3) is 0 Å². The number of ether oxygens (including phenoxy) is 1. The fraction of sp³-hybridized carbons (Fsp3) is 0.500. The quantitative estimate of drug-likeness (QED) is 0.626. The van der Waals surface area contributed by atoms with Crippen molar-refractivity contribution in [3.05, 3.63) is 59.7 Å². The molecule has 2 aliphatic rings. The summed E-state index contributed by atoms with van der Waals surface area (Å²) in [5.41, 5.74) is 2.39. The summed E-state index contributed by atoms with van der Waals surface area (Å²) in [4.78, 5) is 12.9. The minimum absolute atomic E-state index is 0.0547. The molecule has 1 N–H and O–H groups in total. The third-order valence-corrected chi connectivity index (χ3v) is 8.03. The molecule has 1 aliphatic carbocycles. The van der Waals surface area contributed by atoms with Gasteiger partial charge in [0, 0.05) is 24.9 Å². The van der Waals surface area contributed by atoms with Crippen LogP contribution in [0.5, 0.6) is 5.75 Å². The monoisotopic (exact) mass is 470 g/mol. The van der Waals surface area contributed by atoms with Gasteiger partial charge < -0.3 is 10.1 Å². The van der Waals surface area contributed by atoms with Gasteiger partial charge in [-0.15, -0.1) is 0 Å². The normalized spacial score (nSPS) is 19.4. The van der Waals surface area contributed by atoms with Crippen LogP contribution in [0.15, 0.2) is 48.5 Å². The highest BCUT2D eigenvalue weighted by atomic mass is 32.2. The third-order valence-electron chi connectivity index (χ3n) is 6.85. The fourth-order valence-corrected chi connectivity index (χ4v) is 6.23. The lowest BCUT2D eigenvalue weighted by molar-refractivity contribution is -0.122. The number of fused-ring (bicyclic) bond motifs is 1.